The molecule has 0 atom stereocenters. The predicted octanol–water partition coefficient (Wildman–Crippen LogP) is 3.29. The number of thiocarbonyl (C=S) groups is 1. The Labute approximate surface area is 126 Å². The molecule has 20 heavy (non-hydrogen) atoms. The highest BCUT2D eigenvalue weighted by molar-refractivity contribution is 7.80. The molecule has 1 fully saturated rings. The normalized spacial score (nSPS) is 17.1. The fourth-order valence-electron chi connectivity index (χ4n) is 3.05. The van der Waals surface area contributed by atoms with Gasteiger partial charge in [0.05, 0.1) is 5.56 Å². The van der Waals surface area contributed by atoms with Crippen molar-refractivity contribution in [1.29, 1.82) is 0 Å². The third-order valence-corrected chi connectivity index (χ3v) is 4.31. The second-order valence-corrected chi connectivity index (χ2v) is 7.15. The molecule has 0 saturated heterocycles. The Morgan fingerprint density at radius 1 is 1.25 bits per heavy atom. The molecule has 0 amide bonds. The van der Waals surface area contributed by atoms with Crippen molar-refractivity contribution >= 4 is 17.2 Å². The summed E-state index contributed by atoms with van der Waals surface area (Å²) in [5.41, 5.74) is 7.16. The first-order chi connectivity index (χ1) is 9.32. The third-order valence-electron chi connectivity index (χ3n) is 4.09. The van der Waals surface area contributed by atoms with Crippen molar-refractivity contribution < 1.29 is 0 Å². The summed E-state index contributed by atoms with van der Waals surface area (Å²) in [4.78, 5) is 13.0. The average molecular weight is 292 g/mol. The SMILES string of the molecule is CC(C)(C)c1ccc(C(N)=S)c(=O)n1C1CCCCC1. The summed E-state index contributed by atoms with van der Waals surface area (Å²) in [5, 5.41) is 0. The molecule has 0 spiro atoms. The molecule has 0 radical (unpaired) electrons. The van der Waals surface area contributed by atoms with Gasteiger partial charge in [-0.05, 0) is 25.0 Å². The molecule has 1 heterocycles. The van der Waals surface area contributed by atoms with E-state index in [9.17, 15) is 4.79 Å². The molecule has 1 aromatic heterocycles. The zero-order chi connectivity index (χ0) is 14.9. The molecule has 0 aromatic carbocycles. The van der Waals surface area contributed by atoms with Crippen LogP contribution in [0.25, 0.3) is 0 Å². The third kappa shape index (κ3) is 2.95. The van der Waals surface area contributed by atoms with Crippen LogP contribution >= 0.6 is 12.2 Å². The molecular formula is C16H24N2OS. The van der Waals surface area contributed by atoms with Crippen LogP contribution in [-0.4, -0.2) is 9.56 Å². The topological polar surface area (TPSA) is 48.0 Å². The molecule has 0 bridgehead atoms. The zero-order valence-electron chi connectivity index (χ0n) is 12.6. The van der Waals surface area contributed by atoms with Crippen LogP contribution in [0.3, 0.4) is 0 Å². The maximum Gasteiger partial charge on any atom is 0.261 e. The summed E-state index contributed by atoms with van der Waals surface area (Å²) < 4.78 is 1.97. The van der Waals surface area contributed by atoms with Crippen LogP contribution in [0.2, 0.25) is 0 Å². The first-order valence-corrected chi connectivity index (χ1v) is 7.79. The van der Waals surface area contributed by atoms with E-state index in [2.05, 4.69) is 20.8 Å². The summed E-state index contributed by atoms with van der Waals surface area (Å²) in [6.45, 7) is 6.42. The van der Waals surface area contributed by atoms with Crippen molar-refractivity contribution in [1.82, 2.24) is 4.57 Å². The summed E-state index contributed by atoms with van der Waals surface area (Å²) in [6.07, 6.45) is 5.80. The molecule has 3 nitrogen and oxygen atoms in total. The van der Waals surface area contributed by atoms with Gasteiger partial charge < -0.3 is 10.3 Å². The lowest BCUT2D eigenvalue weighted by atomic mass is 9.88. The van der Waals surface area contributed by atoms with Crippen LogP contribution in [0.15, 0.2) is 16.9 Å². The number of nitrogens with two attached hydrogens (primary N) is 1. The van der Waals surface area contributed by atoms with Crippen molar-refractivity contribution in [3.63, 3.8) is 0 Å². The molecule has 2 rings (SSSR count). The van der Waals surface area contributed by atoms with E-state index < -0.39 is 0 Å². The zero-order valence-corrected chi connectivity index (χ0v) is 13.4. The monoisotopic (exact) mass is 292 g/mol. The lowest BCUT2D eigenvalue weighted by Gasteiger charge is -2.32. The first-order valence-electron chi connectivity index (χ1n) is 7.38. The van der Waals surface area contributed by atoms with Gasteiger partial charge in [0, 0.05) is 17.2 Å². The lowest BCUT2D eigenvalue weighted by Crippen LogP contribution is -2.37. The van der Waals surface area contributed by atoms with Gasteiger partial charge in [-0.25, -0.2) is 0 Å². The Morgan fingerprint density at radius 3 is 2.35 bits per heavy atom. The van der Waals surface area contributed by atoms with E-state index in [1.54, 1.807) is 6.07 Å². The van der Waals surface area contributed by atoms with E-state index in [0.717, 1.165) is 18.5 Å². The van der Waals surface area contributed by atoms with Crippen molar-refractivity contribution in [2.75, 3.05) is 0 Å². The first kappa shape index (κ1) is 15.2. The van der Waals surface area contributed by atoms with E-state index in [4.69, 9.17) is 18.0 Å². The van der Waals surface area contributed by atoms with Crippen molar-refractivity contribution in [2.45, 2.75) is 64.3 Å². The summed E-state index contributed by atoms with van der Waals surface area (Å²) in [5.74, 6) is 0. The van der Waals surface area contributed by atoms with E-state index >= 15 is 0 Å². The highest BCUT2D eigenvalue weighted by atomic mass is 32.1. The number of pyridine rings is 1. The quantitative estimate of drug-likeness (QED) is 0.851. The Balaban J connectivity index is 2.62. The van der Waals surface area contributed by atoms with Gasteiger partial charge in [0.2, 0.25) is 0 Å². The van der Waals surface area contributed by atoms with Gasteiger partial charge >= 0.3 is 0 Å². The molecule has 1 saturated carbocycles. The van der Waals surface area contributed by atoms with Crippen molar-refractivity contribution in [3.8, 4) is 0 Å². The molecule has 0 unspecified atom stereocenters. The molecule has 1 aliphatic rings. The minimum atomic E-state index is -0.0641. The molecule has 2 N–H and O–H groups in total. The van der Waals surface area contributed by atoms with Gasteiger partial charge in [0.25, 0.3) is 5.56 Å². The van der Waals surface area contributed by atoms with Crippen molar-refractivity contribution in [2.24, 2.45) is 5.73 Å². The predicted molar refractivity (Wildman–Crippen MR) is 87.4 cm³/mol. The average Bonchev–Trinajstić information content (AvgIpc) is 2.37. The number of rotatable bonds is 2. The molecule has 110 valence electrons. The Kier molecular flexibility index (Phi) is 4.33. The standard InChI is InChI=1S/C16H24N2OS/c1-16(2,3)13-10-9-12(14(17)20)15(19)18(13)11-7-5-4-6-8-11/h9-11H,4-8H2,1-3H3,(H2,17,20). The minimum absolute atomic E-state index is 0.0168. The molecule has 4 heteroatoms. The Bertz CT molecular complexity index is 563. The summed E-state index contributed by atoms with van der Waals surface area (Å²) in [6, 6.07) is 4.09. The van der Waals surface area contributed by atoms with Gasteiger partial charge in [-0.3, -0.25) is 4.79 Å². The molecule has 0 aliphatic heterocycles. The largest absolute Gasteiger partial charge is 0.389 e. The molecule has 1 aromatic rings. The summed E-state index contributed by atoms with van der Waals surface area (Å²) >= 11 is 5.01. The van der Waals surface area contributed by atoms with E-state index in [0.29, 0.717) is 11.6 Å². The van der Waals surface area contributed by atoms with Crippen molar-refractivity contribution in [3.05, 3.63) is 33.7 Å². The van der Waals surface area contributed by atoms with Gasteiger partial charge in [-0.2, -0.15) is 0 Å². The van der Waals surface area contributed by atoms with Crippen LogP contribution in [0, 0.1) is 0 Å². The van der Waals surface area contributed by atoms with Gasteiger partial charge in [0.1, 0.15) is 4.99 Å². The van der Waals surface area contributed by atoms with Crippen LogP contribution in [-0.2, 0) is 5.41 Å². The second-order valence-electron chi connectivity index (χ2n) is 6.71. The molecular weight excluding hydrogens is 268 g/mol. The number of nitrogens with zero attached hydrogens (tertiary/aromatic N) is 1. The lowest BCUT2D eigenvalue weighted by molar-refractivity contribution is 0.325. The maximum atomic E-state index is 12.8. The second kappa shape index (κ2) is 5.68. The number of hydrogen-bond donors (Lipinski definition) is 1. The highest BCUT2D eigenvalue weighted by Gasteiger charge is 2.26. The number of hydrogen-bond acceptors (Lipinski definition) is 2. The Hall–Kier alpha value is -1.16. The minimum Gasteiger partial charge on any atom is -0.389 e. The van der Waals surface area contributed by atoms with Crippen LogP contribution in [0.4, 0.5) is 0 Å². The van der Waals surface area contributed by atoms with E-state index in [-0.39, 0.29) is 16.0 Å². The fourth-order valence-corrected chi connectivity index (χ4v) is 3.21. The fraction of sp³-hybridized carbons (Fsp3) is 0.625. The smallest absolute Gasteiger partial charge is 0.261 e. The maximum absolute atomic E-state index is 12.8. The van der Waals surface area contributed by atoms with Gasteiger partial charge in [-0.15, -0.1) is 0 Å². The Morgan fingerprint density at radius 2 is 1.85 bits per heavy atom. The van der Waals surface area contributed by atoms with Crippen LogP contribution < -0.4 is 11.3 Å². The molecule has 1 aliphatic carbocycles. The van der Waals surface area contributed by atoms with E-state index in [1.807, 2.05) is 10.6 Å². The van der Waals surface area contributed by atoms with E-state index in [1.165, 1.54) is 19.3 Å². The highest BCUT2D eigenvalue weighted by Crippen LogP contribution is 2.31. The van der Waals surface area contributed by atoms with Gasteiger partial charge in [0.15, 0.2) is 0 Å². The number of aromatic nitrogens is 1. The van der Waals surface area contributed by atoms with Gasteiger partial charge in [-0.1, -0.05) is 52.3 Å². The summed E-state index contributed by atoms with van der Waals surface area (Å²) in [7, 11) is 0. The van der Waals surface area contributed by atoms with Crippen LogP contribution in [0.5, 0.6) is 0 Å². The van der Waals surface area contributed by atoms with Crippen LogP contribution in [0.1, 0.15) is 70.2 Å².